The van der Waals surface area contributed by atoms with E-state index in [1.54, 1.807) is 6.92 Å². The second kappa shape index (κ2) is 11.1. The molecule has 0 spiro atoms. The highest BCUT2D eigenvalue weighted by Crippen LogP contribution is 2.32. The first-order valence-corrected chi connectivity index (χ1v) is 10.1. The van der Waals surface area contributed by atoms with Gasteiger partial charge in [0.05, 0.1) is 6.61 Å². The average Bonchev–Trinajstić information content (AvgIpc) is 2.71. The molecule has 0 unspecified atom stereocenters. The van der Waals surface area contributed by atoms with E-state index in [0.29, 0.717) is 0 Å². The van der Waals surface area contributed by atoms with Crippen LogP contribution >= 0.6 is 7.92 Å². The van der Waals surface area contributed by atoms with E-state index in [1.807, 2.05) is 0 Å². The zero-order chi connectivity index (χ0) is 19.5. The molecule has 3 aromatic rings. The van der Waals surface area contributed by atoms with Gasteiger partial charge in [0.15, 0.2) is 0 Å². The van der Waals surface area contributed by atoms with Crippen molar-refractivity contribution in [2.24, 2.45) is 0 Å². The molecule has 0 amide bonds. The van der Waals surface area contributed by atoms with Crippen molar-refractivity contribution in [2.75, 3.05) is 6.61 Å². The van der Waals surface area contributed by atoms with Crippen molar-refractivity contribution in [3.8, 4) is 0 Å². The normalized spacial score (nSPS) is 9.89. The molecule has 0 atom stereocenters. The molecule has 0 heterocycles. The van der Waals surface area contributed by atoms with Gasteiger partial charge in [0.25, 0.3) is 0 Å². The highest BCUT2D eigenvalue weighted by molar-refractivity contribution is 7.79. The van der Waals surface area contributed by atoms with E-state index in [9.17, 15) is 9.59 Å². The highest BCUT2D eigenvalue weighted by Gasteiger charge is 2.14. The number of hydrogen-bond donors (Lipinski definition) is 0. The lowest BCUT2D eigenvalue weighted by Gasteiger charge is -2.18. The third-order valence-electron chi connectivity index (χ3n) is 3.61. The Morgan fingerprint density at radius 1 is 0.704 bits per heavy atom. The van der Waals surface area contributed by atoms with E-state index in [1.165, 1.54) is 22.8 Å². The Kier molecular flexibility index (Phi) is 8.41. The first-order valence-electron chi connectivity index (χ1n) is 8.76. The predicted molar refractivity (Wildman–Crippen MR) is 112 cm³/mol. The van der Waals surface area contributed by atoms with Crippen LogP contribution in [0.4, 0.5) is 0 Å². The Balaban J connectivity index is 0.000000279. The zero-order valence-corrected chi connectivity index (χ0v) is 16.4. The quantitative estimate of drug-likeness (QED) is 0.387. The number of rotatable bonds is 5. The molecule has 3 rings (SSSR count). The summed E-state index contributed by atoms with van der Waals surface area (Å²) >= 11 is 0. The lowest BCUT2D eigenvalue weighted by molar-refractivity contribution is -0.152. The van der Waals surface area contributed by atoms with Crippen LogP contribution in [0.5, 0.6) is 0 Å². The third-order valence-corrected chi connectivity index (χ3v) is 6.05. The summed E-state index contributed by atoms with van der Waals surface area (Å²) in [5, 5.41) is 4.19. The zero-order valence-electron chi connectivity index (χ0n) is 15.5. The summed E-state index contributed by atoms with van der Waals surface area (Å²) in [7, 11) is -0.446. The summed E-state index contributed by atoms with van der Waals surface area (Å²) in [5.74, 6) is -1.31. The van der Waals surface area contributed by atoms with Crippen LogP contribution in [0, 0.1) is 0 Å². The van der Waals surface area contributed by atoms with Crippen LogP contribution in [0.25, 0.3) is 0 Å². The maximum Gasteiger partial charge on any atom is 0.374 e. The molecule has 3 aromatic carbocycles. The maximum atomic E-state index is 10.2. The average molecular weight is 378 g/mol. The second-order valence-electron chi connectivity index (χ2n) is 5.62. The summed E-state index contributed by atoms with van der Waals surface area (Å²) in [6.07, 6.45) is 0. The fourth-order valence-electron chi connectivity index (χ4n) is 2.41. The minimum Gasteiger partial charge on any atom is -0.460 e. The molecule has 0 aromatic heterocycles. The maximum absolute atomic E-state index is 10.2. The van der Waals surface area contributed by atoms with Crippen molar-refractivity contribution < 1.29 is 14.3 Å². The number of carbonyl (C=O) groups is 2. The van der Waals surface area contributed by atoms with Crippen molar-refractivity contribution in [2.45, 2.75) is 13.8 Å². The second-order valence-corrected chi connectivity index (χ2v) is 7.84. The van der Waals surface area contributed by atoms with Crippen LogP contribution in [0.1, 0.15) is 13.8 Å². The summed E-state index contributed by atoms with van der Waals surface area (Å²) in [6, 6.07) is 32.3. The monoisotopic (exact) mass is 378 g/mol. The molecule has 0 bridgehead atoms. The highest BCUT2D eigenvalue weighted by atomic mass is 31.1. The number of hydrogen-bond acceptors (Lipinski definition) is 3. The molecule has 0 N–H and O–H groups in total. The van der Waals surface area contributed by atoms with Crippen LogP contribution in [0.15, 0.2) is 91.0 Å². The lowest BCUT2D eigenvalue weighted by Crippen LogP contribution is -2.20. The van der Waals surface area contributed by atoms with Gasteiger partial charge in [-0.15, -0.1) is 0 Å². The van der Waals surface area contributed by atoms with Crippen LogP contribution in [0.3, 0.4) is 0 Å². The van der Waals surface area contributed by atoms with Gasteiger partial charge in [-0.3, -0.25) is 4.79 Å². The Hall–Kier alpha value is -2.77. The molecule has 0 saturated carbocycles. The van der Waals surface area contributed by atoms with Crippen molar-refractivity contribution in [3.63, 3.8) is 0 Å². The fourth-order valence-corrected chi connectivity index (χ4v) is 4.72. The van der Waals surface area contributed by atoms with Gasteiger partial charge in [0.1, 0.15) is 0 Å². The molecule has 3 nitrogen and oxygen atoms in total. The predicted octanol–water partition coefficient (Wildman–Crippen LogP) is 3.58. The number of carbonyl (C=O) groups excluding carboxylic acids is 2. The van der Waals surface area contributed by atoms with E-state index >= 15 is 0 Å². The number of ether oxygens (including phenoxy) is 1. The lowest BCUT2D eigenvalue weighted by atomic mass is 10.4. The van der Waals surface area contributed by atoms with Crippen molar-refractivity contribution in [1.29, 1.82) is 0 Å². The Morgan fingerprint density at radius 2 is 1.04 bits per heavy atom. The van der Waals surface area contributed by atoms with Crippen LogP contribution < -0.4 is 15.9 Å². The van der Waals surface area contributed by atoms with E-state index in [2.05, 4.69) is 95.7 Å². The molecule has 0 aliphatic rings. The fraction of sp³-hybridized carbons (Fsp3) is 0.130. The smallest absolute Gasteiger partial charge is 0.374 e. The van der Waals surface area contributed by atoms with E-state index in [-0.39, 0.29) is 6.61 Å². The summed E-state index contributed by atoms with van der Waals surface area (Å²) in [5.41, 5.74) is 0. The molecule has 0 radical (unpaired) electrons. The van der Waals surface area contributed by atoms with Gasteiger partial charge in [-0.25, -0.2) is 4.79 Å². The molecule has 0 aliphatic heterocycles. The molecular weight excluding hydrogens is 355 g/mol. The number of Topliss-reactive ketones (excluding diaryl/α,β-unsaturated/α-hetero) is 1. The minimum atomic E-state index is -0.757. The first kappa shape index (κ1) is 20.5. The number of ketones is 1. The van der Waals surface area contributed by atoms with Crippen molar-refractivity contribution >= 4 is 35.6 Å². The van der Waals surface area contributed by atoms with Gasteiger partial charge in [0.2, 0.25) is 5.78 Å². The first-order chi connectivity index (χ1) is 13.1. The molecule has 0 fully saturated rings. The van der Waals surface area contributed by atoms with Crippen LogP contribution in [-0.2, 0) is 14.3 Å². The molecular formula is C23H23O3P. The Labute approximate surface area is 161 Å². The molecule has 27 heavy (non-hydrogen) atoms. The van der Waals surface area contributed by atoms with Gasteiger partial charge < -0.3 is 4.74 Å². The Morgan fingerprint density at radius 3 is 1.26 bits per heavy atom. The van der Waals surface area contributed by atoms with Crippen LogP contribution in [-0.4, -0.2) is 18.4 Å². The Bertz CT molecular complexity index is 739. The number of benzene rings is 3. The topological polar surface area (TPSA) is 43.4 Å². The van der Waals surface area contributed by atoms with E-state index < -0.39 is 19.7 Å². The molecule has 0 aliphatic carbocycles. The van der Waals surface area contributed by atoms with Crippen molar-refractivity contribution in [1.82, 2.24) is 0 Å². The molecule has 138 valence electrons. The van der Waals surface area contributed by atoms with Crippen molar-refractivity contribution in [3.05, 3.63) is 91.0 Å². The van der Waals surface area contributed by atoms with Gasteiger partial charge >= 0.3 is 5.97 Å². The standard InChI is InChI=1S/C18H15P.C5H8O3/c1-4-10-16(11-5-1)19(17-12-6-2-7-13-17)18-14-8-3-9-15-18;1-3-8-5(7)4(2)6/h1-15H;3H2,1-2H3. The number of esters is 1. The van der Waals surface area contributed by atoms with Gasteiger partial charge in [-0.05, 0) is 30.8 Å². The van der Waals surface area contributed by atoms with Gasteiger partial charge in [0, 0.05) is 6.92 Å². The SMILES string of the molecule is CCOC(=O)C(C)=O.c1ccc(P(c2ccccc2)c2ccccc2)cc1. The van der Waals surface area contributed by atoms with Gasteiger partial charge in [-0.2, -0.15) is 0 Å². The van der Waals surface area contributed by atoms with Crippen LogP contribution in [0.2, 0.25) is 0 Å². The van der Waals surface area contributed by atoms with E-state index in [0.717, 1.165) is 0 Å². The van der Waals surface area contributed by atoms with E-state index in [4.69, 9.17) is 0 Å². The summed E-state index contributed by atoms with van der Waals surface area (Å²) in [6.45, 7) is 3.09. The molecule has 4 heteroatoms. The minimum absolute atomic E-state index is 0.262. The largest absolute Gasteiger partial charge is 0.460 e. The third kappa shape index (κ3) is 6.47. The summed E-state index contributed by atoms with van der Waals surface area (Å²) < 4.78 is 4.31. The molecule has 0 saturated heterocycles. The summed E-state index contributed by atoms with van der Waals surface area (Å²) in [4.78, 5) is 20.2. The van der Waals surface area contributed by atoms with Gasteiger partial charge in [-0.1, -0.05) is 91.0 Å².